The third kappa shape index (κ3) is 1.11. The van der Waals surface area contributed by atoms with Crippen LogP contribution in [0, 0.1) is 6.92 Å². The third-order valence-electron chi connectivity index (χ3n) is 2.54. The quantitative estimate of drug-likeness (QED) is 0.682. The smallest absolute Gasteiger partial charge is 0.0699 e. The van der Waals surface area contributed by atoms with Gasteiger partial charge in [-0.25, -0.2) is 0 Å². The molecule has 0 unspecified atom stereocenters. The number of para-hydroxylation sites is 1. The van der Waals surface area contributed by atoms with Crippen molar-refractivity contribution in [2.75, 3.05) is 5.84 Å². The number of aromatic nitrogens is 1. The summed E-state index contributed by atoms with van der Waals surface area (Å²) in [4.78, 5) is 0. The first-order chi connectivity index (χ1) is 6.75. The molecule has 1 heterocycles. The minimum absolute atomic E-state index is 1.08. The topological polar surface area (TPSA) is 30.9 Å². The molecule has 0 aliphatic heterocycles. The Balaban J connectivity index is 2.87. The first kappa shape index (κ1) is 8.88. The van der Waals surface area contributed by atoms with Crippen LogP contribution in [-0.4, -0.2) is 4.68 Å². The molecule has 0 saturated heterocycles. The van der Waals surface area contributed by atoms with Gasteiger partial charge in [0.2, 0.25) is 0 Å². The van der Waals surface area contributed by atoms with Crippen LogP contribution in [0.1, 0.15) is 18.2 Å². The lowest BCUT2D eigenvalue weighted by atomic mass is 10.1. The van der Waals surface area contributed by atoms with Gasteiger partial charge in [-0.1, -0.05) is 30.4 Å². The second-order valence-corrected chi connectivity index (χ2v) is 3.39. The lowest BCUT2D eigenvalue weighted by Gasteiger charge is -1.97. The van der Waals surface area contributed by atoms with Crippen LogP contribution in [-0.2, 0) is 0 Å². The van der Waals surface area contributed by atoms with E-state index in [1.807, 2.05) is 38.1 Å². The molecule has 14 heavy (non-hydrogen) atoms. The van der Waals surface area contributed by atoms with Crippen LogP contribution in [0.25, 0.3) is 17.0 Å². The highest BCUT2D eigenvalue weighted by atomic mass is 15.3. The van der Waals surface area contributed by atoms with Gasteiger partial charge in [-0.3, -0.25) is 4.68 Å². The molecular weight excluding hydrogens is 172 g/mol. The van der Waals surface area contributed by atoms with Gasteiger partial charge in [-0.2, -0.15) is 0 Å². The van der Waals surface area contributed by atoms with E-state index in [0.717, 1.165) is 11.2 Å². The van der Waals surface area contributed by atoms with E-state index >= 15 is 0 Å². The molecule has 0 fully saturated rings. The number of benzene rings is 1. The van der Waals surface area contributed by atoms with Crippen molar-refractivity contribution >= 4 is 17.0 Å². The molecule has 2 aromatic rings. The minimum Gasteiger partial charge on any atom is -0.339 e. The van der Waals surface area contributed by atoms with Crippen molar-refractivity contribution in [1.29, 1.82) is 0 Å². The summed E-state index contributed by atoms with van der Waals surface area (Å²) in [5.41, 5.74) is 3.40. The highest BCUT2D eigenvalue weighted by Gasteiger charge is 2.08. The molecule has 1 aromatic heterocycles. The molecule has 0 spiro atoms. The molecule has 2 N–H and O–H groups in total. The van der Waals surface area contributed by atoms with Crippen LogP contribution >= 0.6 is 0 Å². The normalized spacial score (nSPS) is 11.6. The number of nitrogens with two attached hydrogens (primary N) is 1. The van der Waals surface area contributed by atoms with Crippen LogP contribution in [0.4, 0.5) is 0 Å². The molecule has 0 amide bonds. The molecule has 0 saturated carbocycles. The van der Waals surface area contributed by atoms with Crippen molar-refractivity contribution in [2.45, 2.75) is 13.8 Å². The lowest BCUT2D eigenvalue weighted by Crippen LogP contribution is -2.09. The summed E-state index contributed by atoms with van der Waals surface area (Å²) in [6.07, 6.45) is 4.13. The predicted octanol–water partition coefficient (Wildman–Crippen LogP) is 2.70. The molecular formula is C12H14N2. The van der Waals surface area contributed by atoms with Crippen molar-refractivity contribution < 1.29 is 0 Å². The second-order valence-electron chi connectivity index (χ2n) is 3.39. The zero-order chi connectivity index (χ0) is 10.1. The zero-order valence-electron chi connectivity index (χ0n) is 8.49. The molecule has 2 nitrogen and oxygen atoms in total. The number of fused-ring (bicyclic) bond motifs is 1. The fourth-order valence-corrected chi connectivity index (χ4v) is 1.79. The summed E-state index contributed by atoms with van der Waals surface area (Å²) in [5, 5.41) is 1.21. The predicted molar refractivity (Wildman–Crippen MR) is 61.5 cm³/mol. The zero-order valence-corrected chi connectivity index (χ0v) is 8.49. The Morgan fingerprint density at radius 1 is 1.29 bits per heavy atom. The molecule has 0 aliphatic rings. The number of hydrogen-bond donors (Lipinski definition) is 1. The van der Waals surface area contributed by atoms with Gasteiger partial charge in [0.05, 0.1) is 5.52 Å². The summed E-state index contributed by atoms with van der Waals surface area (Å²) in [6, 6.07) is 8.18. The van der Waals surface area contributed by atoms with E-state index in [9.17, 15) is 0 Å². The van der Waals surface area contributed by atoms with Gasteiger partial charge in [-0.05, 0) is 19.9 Å². The summed E-state index contributed by atoms with van der Waals surface area (Å²) >= 11 is 0. The van der Waals surface area contributed by atoms with Gasteiger partial charge in [0.1, 0.15) is 0 Å². The van der Waals surface area contributed by atoms with Crippen molar-refractivity contribution in [3.05, 3.63) is 41.6 Å². The fourth-order valence-electron chi connectivity index (χ4n) is 1.79. The SMILES string of the molecule is C/C=C\c1c(C)n(N)c2ccccc12. The van der Waals surface area contributed by atoms with Gasteiger partial charge < -0.3 is 5.84 Å². The number of nitrogen functional groups attached to an aromatic ring is 1. The van der Waals surface area contributed by atoms with E-state index in [1.165, 1.54) is 10.9 Å². The Kier molecular flexibility index (Phi) is 2.04. The summed E-state index contributed by atoms with van der Waals surface area (Å²) in [5.74, 6) is 5.95. The van der Waals surface area contributed by atoms with Crippen LogP contribution < -0.4 is 5.84 Å². The van der Waals surface area contributed by atoms with Crippen LogP contribution in [0.2, 0.25) is 0 Å². The molecule has 72 valence electrons. The fraction of sp³-hybridized carbons (Fsp3) is 0.167. The first-order valence-electron chi connectivity index (χ1n) is 4.73. The molecule has 0 radical (unpaired) electrons. The maximum atomic E-state index is 5.95. The van der Waals surface area contributed by atoms with E-state index in [0.29, 0.717) is 0 Å². The average molecular weight is 186 g/mol. The van der Waals surface area contributed by atoms with Crippen molar-refractivity contribution in [2.24, 2.45) is 0 Å². The largest absolute Gasteiger partial charge is 0.339 e. The van der Waals surface area contributed by atoms with Crippen molar-refractivity contribution in [3.63, 3.8) is 0 Å². The molecule has 0 aliphatic carbocycles. The number of allylic oxidation sites excluding steroid dienone is 1. The van der Waals surface area contributed by atoms with Gasteiger partial charge in [0.15, 0.2) is 0 Å². The molecule has 2 rings (SSSR count). The van der Waals surface area contributed by atoms with Gasteiger partial charge in [0, 0.05) is 16.6 Å². The van der Waals surface area contributed by atoms with Crippen LogP contribution in [0.15, 0.2) is 30.3 Å². The third-order valence-corrected chi connectivity index (χ3v) is 2.54. The Hall–Kier alpha value is -1.70. The number of hydrogen-bond acceptors (Lipinski definition) is 1. The Labute approximate surface area is 83.6 Å². The molecule has 1 aromatic carbocycles. The highest BCUT2D eigenvalue weighted by molar-refractivity contribution is 5.91. The summed E-state index contributed by atoms with van der Waals surface area (Å²) in [6.45, 7) is 4.05. The minimum atomic E-state index is 1.08. The Morgan fingerprint density at radius 3 is 2.71 bits per heavy atom. The molecule has 0 atom stereocenters. The first-order valence-corrected chi connectivity index (χ1v) is 4.73. The van der Waals surface area contributed by atoms with E-state index in [2.05, 4.69) is 12.1 Å². The Bertz CT molecular complexity index is 492. The van der Waals surface area contributed by atoms with E-state index in [4.69, 9.17) is 5.84 Å². The molecule has 0 bridgehead atoms. The van der Waals surface area contributed by atoms with E-state index in [-0.39, 0.29) is 0 Å². The summed E-state index contributed by atoms with van der Waals surface area (Å²) in [7, 11) is 0. The van der Waals surface area contributed by atoms with Crippen molar-refractivity contribution in [1.82, 2.24) is 4.68 Å². The molecule has 2 heteroatoms. The second kappa shape index (κ2) is 3.22. The lowest BCUT2D eigenvalue weighted by molar-refractivity contribution is 0.997. The standard InChI is InChI=1S/C12H14N2/c1-3-6-10-9(2)14(13)12-8-5-4-7-11(10)12/h3-8H,13H2,1-2H3/b6-3-. The monoisotopic (exact) mass is 186 g/mol. The average Bonchev–Trinajstić information content (AvgIpc) is 2.45. The highest BCUT2D eigenvalue weighted by Crippen LogP contribution is 2.24. The number of nitrogens with zero attached hydrogens (tertiary/aromatic N) is 1. The maximum Gasteiger partial charge on any atom is 0.0699 e. The van der Waals surface area contributed by atoms with Crippen molar-refractivity contribution in [3.8, 4) is 0 Å². The van der Waals surface area contributed by atoms with Gasteiger partial charge >= 0.3 is 0 Å². The van der Waals surface area contributed by atoms with Gasteiger partial charge in [0.25, 0.3) is 0 Å². The van der Waals surface area contributed by atoms with E-state index < -0.39 is 0 Å². The summed E-state index contributed by atoms with van der Waals surface area (Å²) < 4.78 is 1.74. The van der Waals surface area contributed by atoms with Crippen LogP contribution in [0.3, 0.4) is 0 Å². The Morgan fingerprint density at radius 2 is 2.00 bits per heavy atom. The number of rotatable bonds is 1. The van der Waals surface area contributed by atoms with E-state index in [1.54, 1.807) is 4.68 Å². The van der Waals surface area contributed by atoms with Gasteiger partial charge in [-0.15, -0.1) is 0 Å². The van der Waals surface area contributed by atoms with Crippen LogP contribution in [0.5, 0.6) is 0 Å². The maximum absolute atomic E-state index is 5.95.